The Morgan fingerprint density at radius 2 is 1.90 bits per heavy atom. The third kappa shape index (κ3) is 4.32. The SMILES string of the molecule is Nc1ncc(-c2cn(C3[C@H]4CN(CC(F)F)C[C@@H]34)c(CC3CC3)n2)cc1OC(F)(F)F. The molecule has 11 heteroatoms. The van der Waals surface area contributed by atoms with E-state index in [0.29, 0.717) is 42.1 Å². The molecule has 168 valence electrons. The van der Waals surface area contributed by atoms with E-state index in [-0.39, 0.29) is 18.4 Å². The van der Waals surface area contributed by atoms with Gasteiger partial charge in [-0.2, -0.15) is 0 Å². The van der Waals surface area contributed by atoms with Crippen molar-refractivity contribution in [3.63, 3.8) is 0 Å². The van der Waals surface area contributed by atoms with E-state index in [1.807, 2.05) is 6.20 Å². The summed E-state index contributed by atoms with van der Waals surface area (Å²) in [5, 5.41) is 0. The predicted octanol–water partition coefficient (Wildman–Crippen LogP) is 3.75. The zero-order valence-electron chi connectivity index (χ0n) is 16.5. The van der Waals surface area contributed by atoms with Gasteiger partial charge in [0, 0.05) is 43.5 Å². The van der Waals surface area contributed by atoms with Crippen LogP contribution in [0.3, 0.4) is 0 Å². The van der Waals surface area contributed by atoms with Gasteiger partial charge in [-0.05, 0) is 36.7 Å². The number of likely N-dealkylation sites (tertiary alicyclic amines) is 1. The lowest BCUT2D eigenvalue weighted by atomic mass is 10.2. The number of imidazole rings is 1. The molecule has 0 aromatic carbocycles. The zero-order valence-corrected chi connectivity index (χ0v) is 16.5. The third-order valence-corrected chi connectivity index (χ3v) is 6.32. The highest BCUT2D eigenvalue weighted by atomic mass is 19.4. The normalized spacial score (nSPS) is 25.8. The second kappa shape index (κ2) is 7.32. The van der Waals surface area contributed by atoms with Crippen LogP contribution in [0.5, 0.6) is 5.75 Å². The molecule has 6 nitrogen and oxygen atoms in total. The second-order valence-corrected chi connectivity index (χ2v) is 8.68. The number of halogens is 5. The first-order valence-electron chi connectivity index (χ1n) is 10.3. The quantitative estimate of drug-likeness (QED) is 0.661. The van der Waals surface area contributed by atoms with Crippen molar-refractivity contribution in [2.75, 3.05) is 25.4 Å². The predicted molar refractivity (Wildman–Crippen MR) is 101 cm³/mol. The Bertz CT molecular complexity index is 961. The van der Waals surface area contributed by atoms with Crippen LogP contribution in [0.4, 0.5) is 27.8 Å². The zero-order chi connectivity index (χ0) is 21.9. The van der Waals surface area contributed by atoms with Crippen LogP contribution in [0, 0.1) is 17.8 Å². The van der Waals surface area contributed by atoms with E-state index in [2.05, 4.69) is 14.3 Å². The number of nitrogens with two attached hydrogens (primary N) is 1. The maximum atomic E-state index is 12.7. The average Bonchev–Trinajstić information content (AvgIpc) is 3.51. The molecule has 2 aromatic rings. The van der Waals surface area contributed by atoms with Gasteiger partial charge in [0.2, 0.25) is 0 Å². The van der Waals surface area contributed by atoms with E-state index in [1.54, 1.807) is 4.90 Å². The summed E-state index contributed by atoms with van der Waals surface area (Å²) in [6.07, 6.45) is -0.935. The van der Waals surface area contributed by atoms with E-state index >= 15 is 0 Å². The molecule has 3 aliphatic rings. The Morgan fingerprint density at radius 3 is 2.52 bits per heavy atom. The van der Waals surface area contributed by atoms with Gasteiger partial charge in [-0.1, -0.05) is 0 Å². The summed E-state index contributed by atoms with van der Waals surface area (Å²) in [6.45, 7) is 1.05. The monoisotopic (exact) mass is 443 g/mol. The first-order chi connectivity index (χ1) is 14.7. The summed E-state index contributed by atoms with van der Waals surface area (Å²) in [7, 11) is 0. The number of alkyl halides is 5. The van der Waals surface area contributed by atoms with Crippen molar-refractivity contribution < 1.29 is 26.7 Å². The third-order valence-electron chi connectivity index (χ3n) is 6.32. The molecule has 1 saturated heterocycles. The number of piperidine rings is 1. The molecule has 0 radical (unpaired) electrons. The van der Waals surface area contributed by atoms with Gasteiger partial charge < -0.3 is 15.0 Å². The largest absolute Gasteiger partial charge is 0.573 e. The van der Waals surface area contributed by atoms with Crippen LogP contribution in [0.2, 0.25) is 0 Å². The topological polar surface area (TPSA) is 69.2 Å². The fraction of sp³-hybridized carbons (Fsp3) is 0.600. The number of rotatable bonds is 7. The van der Waals surface area contributed by atoms with Crippen molar-refractivity contribution in [1.29, 1.82) is 0 Å². The number of nitrogen functional groups attached to an aromatic ring is 1. The molecular weight excluding hydrogens is 421 g/mol. The fourth-order valence-electron chi connectivity index (χ4n) is 4.70. The standard InChI is InChI=1S/C20H22F5N5O/c21-16(22)9-29-6-12-13(7-29)18(12)30-8-14(28-17(30)3-10-1-2-10)11-4-15(19(26)27-5-11)31-20(23,24)25/h4-5,8,10,12-13,16,18H,1-3,6-7,9H2,(H2,26,27)/t12-,13+,18?. The summed E-state index contributed by atoms with van der Waals surface area (Å²) in [4.78, 5) is 10.3. The van der Waals surface area contributed by atoms with Crippen molar-refractivity contribution in [3.8, 4) is 17.0 Å². The van der Waals surface area contributed by atoms with Crippen molar-refractivity contribution in [2.24, 2.45) is 17.8 Å². The summed E-state index contributed by atoms with van der Waals surface area (Å²) < 4.78 is 69.4. The van der Waals surface area contributed by atoms with Crippen LogP contribution in [0.15, 0.2) is 18.5 Å². The second-order valence-electron chi connectivity index (χ2n) is 8.68. The summed E-state index contributed by atoms with van der Waals surface area (Å²) in [6, 6.07) is 1.39. The molecule has 0 spiro atoms. The number of aromatic nitrogens is 3. The molecule has 3 heterocycles. The number of ether oxygens (including phenoxy) is 1. The number of fused-ring (bicyclic) bond motifs is 1. The van der Waals surface area contributed by atoms with Crippen molar-refractivity contribution in [2.45, 2.75) is 38.1 Å². The minimum absolute atomic E-state index is 0.191. The number of pyridine rings is 1. The first kappa shape index (κ1) is 20.5. The summed E-state index contributed by atoms with van der Waals surface area (Å²) in [5.74, 6) is 1.13. The Hall–Kier alpha value is -2.43. The van der Waals surface area contributed by atoms with E-state index in [4.69, 9.17) is 10.7 Å². The summed E-state index contributed by atoms with van der Waals surface area (Å²) >= 11 is 0. The molecule has 0 bridgehead atoms. The summed E-state index contributed by atoms with van der Waals surface area (Å²) in [5.41, 5.74) is 6.42. The van der Waals surface area contributed by atoms with Gasteiger partial charge in [0.15, 0.2) is 11.6 Å². The lowest BCUT2D eigenvalue weighted by molar-refractivity contribution is -0.274. The lowest BCUT2D eigenvalue weighted by Crippen LogP contribution is -2.30. The Balaban J connectivity index is 1.39. The Morgan fingerprint density at radius 1 is 1.19 bits per heavy atom. The van der Waals surface area contributed by atoms with Crippen LogP contribution in [-0.2, 0) is 6.42 Å². The maximum Gasteiger partial charge on any atom is 0.573 e. The van der Waals surface area contributed by atoms with Crippen LogP contribution in [0.25, 0.3) is 11.3 Å². The molecule has 2 N–H and O–H groups in total. The lowest BCUT2D eigenvalue weighted by Gasteiger charge is -2.19. The minimum atomic E-state index is -4.87. The number of hydrogen-bond donors (Lipinski definition) is 1. The van der Waals surface area contributed by atoms with Crippen molar-refractivity contribution in [1.82, 2.24) is 19.4 Å². The molecular formula is C20H22F5N5O. The van der Waals surface area contributed by atoms with Crippen LogP contribution < -0.4 is 10.5 Å². The number of anilines is 1. The highest BCUT2D eigenvalue weighted by Crippen LogP contribution is 2.56. The molecule has 5 rings (SSSR count). The van der Waals surface area contributed by atoms with Gasteiger partial charge in [0.25, 0.3) is 6.43 Å². The first-order valence-corrected chi connectivity index (χ1v) is 10.3. The van der Waals surface area contributed by atoms with E-state index in [0.717, 1.165) is 25.1 Å². The highest BCUT2D eigenvalue weighted by Gasteiger charge is 2.57. The molecule has 1 aliphatic heterocycles. The van der Waals surface area contributed by atoms with Gasteiger partial charge in [-0.3, -0.25) is 4.90 Å². The van der Waals surface area contributed by atoms with Crippen LogP contribution >= 0.6 is 0 Å². The van der Waals surface area contributed by atoms with E-state index in [9.17, 15) is 22.0 Å². The Labute approximate surface area is 175 Å². The average molecular weight is 443 g/mol. The molecule has 31 heavy (non-hydrogen) atoms. The van der Waals surface area contributed by atoms with Gasteiger partial charge in [-0.15, -0.1) is 13.2 Å². The molecule has 0 amide bonds. The highest BCUT2D eigenvalue weighted by molar-refractivity contribution is 5.64. The molecule has 2 aliphatic carbocycles. The Kier molecular flexibility index (Phi) is 4.83. The maximum absolute atomic E-state index is 12.7. The smallest absolute Gasteiger partial charge is 0.402 e. The number of nitrogens with zero attached hydrogens (tertiary/aromatic N) is 4. The fourth-order valence-corrected chi connectivity index (χ4v) is 4.70. The molecule has 2 saturated carbocycles. The van der Waals surface area contributed by atoms with Crippen LogP contribution in [0.1, 0.15) is 24.7 Å². The van der Waals surface area contributed by atoms with Crippen molar-refractivity contribution in [3.05, 3.63) is 24.3 Å². The number of hydrogen-bond acceptors (Lipinski definition) is 5. The molecule has 3 atom stereocenters. The molecule has 3 fully saturated rings. The van der Waals surface area contributed by atoms with Gasteiger partial charge in [0.1, 0.15) is 5.82 Å². The van der Waals surface area contributed by atoms with E-state index in [1.165, 1.54) is 12.3 Å². The van der Waals surface area contributed by atoms with Gasteiger partial charge >= 0.3 is 6.36 Å². The van der Waals surface area contributed by atoms with E-state index < -0.39 is 18.5 Å². The van der Waals surface area contributed by atoms with Crippen LogP contribution in [-0.4, -0.2) is 51.9 Å². The molecule has 1 unspecified atom stereocenters. The van der Waals surface area contributed by atoms with Gasteiger partial charge in [0.05, 0.1) is 12.2 Å². The van der Waals surface area contributed by atoms with Crippen molar-refractivity contribution >= 4 is 5.82 Å². The molecule has 2 aromatic heterocycles. The minimum Gasteiger partial charge on any atom is -0.402 e. The van der Waals surface area contributed by atoms with Gasteiger partial charge in [-0.25, -0.2) is 18.7 Å².